The summed E-state index contributed by atoms with van der Waals surface area (Å²) in [5.41, 5.74) is 1.87. The number of piperazine rings is 1. The van der Waals surface area contributed by atoms with Gasteiger partial charge in [0.25, 0.3) is 11.8 Å². The Bertz CT molecular complexity index is 1080. The van der Waals surface area contributed by atoms with E-state index in [2.05, 4.69) is 5.32 Å². The molecule has 2 heterocycles. The molecule has 0 unspecified atom stereocenters. The zero-order chi connectivity index (χ0) is 20.6. The minimum atomic E-state index is -3.75. The lowest BCUT2D eigenvalue weighted by Crippen LogP contribution is -2.50. The molecule has 0 aromatic heterocycles. The summed E-state index contributed by atoms with van der Waals surface area (Å²) in [7, 11) is -3.75. The lowest BCUT2D eigenvalue weighted by molar-refractivity contribution is -0.118. The van der Waals surface area contributed by atoms with Gasteiger partial charge in [0, 0.05) is 31.7 Å². The topological polar surface area (TPSA) is 96.0 Å². The van der Waals surface area contributed by atoms with E-state index < -0.39 is 10.0 Å². The highest BCUT2D eigenvalue weighted by Crippen LogP contribution is 2.31. The highest BCUT2D eigenvalue weighted by Gasteiger charge is 2.31. The Labute approximate surface area is 169 Å². The number of sulfonamides is 1. The Morgan fingerprint density at radius 3 is 2.52 bits per heavy atom. The number of nitrogens with zero attached hydrogens (tertiary/aromatic N) is 2. The van der Waals surface area contributed by atoms with Crippen molar-refractivity contribution >= 4 is 27.5 Å². The molecule has 4 rings (SSSR count). The fourth-order valence-electron chi connectivity index (χ4n) is 3.49. The van der Waals surface area contributed by atoms with Gasteiger partial charge in [-0.25, -0.2) is 8.42 Å². The first kappa shape index (κ1) is 19.4. The van der Waals surface area contributed by atoms with Crippen LogP contribution >= 0.6 is 0 Å². The predicted molar refractivity (Wildman–Crippen MR) is 106 cm³/mol. The van der Waals surface area contributed by atoms with E-state index in [4.69, 9.17) is 4.74 Å². The number of hydrogen-bond acceptors (Lipinski definition) is 5. The summed E-state index contributed by atoms with van der Waals surface area (Å²) in [5, 5.41) is 2.62. The first-order valence-corrected chi connectivity index (χ1v) is 10.7. The summed E-state index contributed by atoms with van der Waals surface area (Å²) in [5.74, 6) is 0.0290. The molecule has 2 aliphatic rings. The van der Waals surface area contributed by atoms with Crippen molar-refractivity contribution in [2.24, 2.45) is 0 Å². The summed E-state index contributed by atoms with van der Waals surface area (Å²) in [6.07, 6.45) is 0. The number of aryl methyl sites for hydroxylation is 1. The van der Waals surface area contributed by atoms with Crippen LogP contribution in [-0.4, -0.2) is 62.2 Å². The third kappa shape index (κ3) is 3.70. The predicted octanol–water partition coefficient (Wildman–Crippen LogP) is 1.47. The lowest BCUT2D eigenvalue weighted by Gasteiger charge is -2.34. The third-order valence-electron chi connectivity index (χ3n) is 5.12. The van der Waals surface area contributed by atoms with Crippen molar-refractivity contribution in [3.8, 4) is 5.75 Å². The number of carbonyl (C=O) groups is 2. The summed E-state index contributed by atoms with van der Waals surface area (Å²) >= 11 is 0. The number of benzene rings is 2. The Hall–Kier alpha value is -2.91. The number of ether oxygens (including phenoxy) is 1. The van der Waals surface area contributed by atoms with Gasteiger partial charge in [-0.3, -0.25) is 9.59 Å². The molecule has 1 fully saturated rings. The largest absolute Gasteiger partial charge is 0.482 e. The van der Waals surface area contributed by atoms with Crippen molar-refractivity contribution in [1.29, 1.82) is 0 Å². The molecule has 0 aliphatic carbocycles. The van der Waals surface area contributed by atoms with Crippen molar-refractivity contribution in [3.63, 3.8) is 0 Å². The standard InChI is InChI=1S/C20H21N3O5S/c1-14-4-2-3-5-16(14)20(25)22-8-10-23(11-9-22)29(26,27)15-6-7-18-17(12-15)21-19(24)13-28-18/h2-7,12H,8-11,13H2,1H3,(H,21,24). The first-order valence-electron chi connectivity index (χ1n) is 9.28. The van der Waals surface area contributed by atoms with Gasteiger partial charge >= 0.3 is 0 Å². The number of carbonyl (C=O) groups excluding carboxylic acids is 2. The zero-order valence-electron chi connectivity index (χ0n) is 15.9. The Morgan fingerprint density at radius 1 is 1.07 bits per heavy atom. The van der Waals surface area contributed by atoms with Crippen molar-refractivity contribution in [1.82, 2.24) is 9.21 Å². The molecule has 0 atom stereocenters. The SMILES string of the molecule is Cc1ccccc1C(=O)N1CCN(S(=O)(=O)c2ccc3c(c2)NC(=O)CO3)CC1. The summed E-state index contributed by atoms with van der Waals surface area (Å²) in [6, 6.07) is 11.8. The van der Waals surface area contributed by atoms with Crippen LogP contribution in [0.25, 0.3) is 0 Å². The fraction of sp³-hybridized carbons (Fsp3) is 0.300. The van der Waals surface area contributed by atoms with Crippen LogP contribution in [0.4, 0.5) is 5.69 Å². The maximum absolute atomic E-state index is 13.0. The third-order valence-corrected chi connectivity index (χ3v) is 7.02. The van der Waals surface area contributed by atoms with Gasteiger partial charge in [-0.15, -0.1) is 0 Å². The van der Waals surface area contributed by atoms with Crippen LogP contribution in [0.5, 0.6) is 5.75 Å². The second-order valence-electron chi connectivity index (χ2n) is 7.01. The molecule has 0 spiro atoms. The minimum Gasteiger partial charge on any atom is -0.482 e. The molecule has 1 N–H and O–H groups in total. The second-order valence-corrected chi connectivity index (χ2v) is 8.94. The minimum absolute atomic E-state index is 0.0840. The highest BCUT2D eigenvalue weighted by atomic mass is 32.2. The molecule has 2 aromatic rings. The molecular formula is C20H21N3O5S. The average molecular weight is 415 g/mol. The van der Waals surface area contributed by atoms with E-state index in [9.17, 15) is 18.0 Å². The van der Waals surface area contributed by atoms with Crippen molar-refractivity contribution in [2.45, 2.75) is 11.8 Å². The van der Waals surface area contributed by atoms with Crippen LogP contribution < -0.4 is 10.1 Å². The van der Waals surface area contributed by atoms with Crippen LogP contribution in [0.2, 0.25) is 0 Å². The van der Waals surface area contributed by atoms with E-state index in [1.165, 1.54) is 16.4 Å². The van der Waals surface area contributed by atoms with Crippen LogP contribution in [0.1, 0.15) is 15.9 Å². The second kappa shape index (κ2) is 7.49. The molecule has 0 bridgehead atoms. The number of hydrogen-bond donors (Lipinski definition) is 1. The summed E-state index contributed by atoms with van der Waals surface area (Å²) in [6.45, 7) is 2.84. The molecule has 29 heavy (non-hydrogen) atoms. The van der Waals surface area contributed by atoms with E-state index in [0.29, 0.717) is 30.1 Å². The van der Waals surface area contributed by atoms with Crippen molar-refractivity contribution in [2.75, 3.05) is 38.1 Å². The van der Waals surface area contributed by atoms with Gasteiger partial charge in [-0.1, -0.05) is 18.2 Å². The van der Waals surface area contributed by atoms with E-state index >= 15 is 0 Å². The smallest absolute Gasteiger partial charge is 0.262 e. The van der Waals surface area contributed by atoms with Crippen LogP contribution in [-0.2, 0) is 14.8 Å². The van der Waals surface area contributed by atoms with Crippen LogP contribution in [0.15, 0.2) is 47.4 Å². The van der Waals surface area contributed by atoms with Gasteiger partial charge < -0.3 is 15.0 Å². The molecule has 8 nitrogen and oxygen atoms in total. The van der Waals surface area contributed by atoms with Gasteiger partial charge in [0.15, 0.2) is 6.61 Å². The molecule has 2 amide bonds. The Kier molecular flexibility index (Phi) is 5.01. The summed E-state index contributed by atoms with van der Waals surface area (Å²) < 4.78 is 32.7. The molecular weight excluding hydrogens is 394 g/mol. The molecule has 2 aromatic carbocycles. The van der Waals surface area contributed by atoms with E-state index in [0.717, 1.165) is 5.56 Å². The molecule has 9 heteroatoms. The highest BCUT2D eigenvalue weighted by molar-refractivity contribution is 7.89. The quantitative estimate of drug-likeness (QED) is 0.819. The van der Waals surface area contributed by atoms with Crippen LogP contribution in [0, 0.1) is 6.92 Å². The molecule has 152 valence electrons. The number of nitrogens with one attached hydrogen (secondary N) is 1. The van der Waals surface area contributed by atoms with E-state index in [1.807, 2.05) is 25.1 Å². The number of rotatable bonds is 3. The molecule has 0 radical (unpaired) electrons. The Morgan fingerprint density at radius 2 is 1.79 bits per heavy atom. The zero-order valence-corrected chi connectivity index (χ0v) is 16.7. The fourth-order valence-corrected chi connectivity index (χ4v) is 4.94. The van der Waals surface area contributed by atoms with Gasteiger partial charge in [0.2, 0.25) is 10.0 Å². The first-order chi connectivity index (χ1) is 13.9. The van der Waals surface area contributed by atoms with Crippen molar-refractivity contribution in [3.05, 3.63) is 53.6 Å². The van der Waals surface area contributed by atoms with Gasteiger partial charge in [0.05, 0.1) is 10.6 Å². The number of anilines is 1. The maximum atomic E-state index is 13.0. The summed E-state index contributed by atoms with van der Waals surface area (Å²) in [4.78, 5) is 26.0. The lowest BCUT2D eigenvalue weighted by atomic mass is 10.1. The van der Waals surface area contributed by atoms with E-state index in [1.54, 1.807) is 17.0 Å². The Balaban J connectivity index is 1.48. The maximum Gasteiger partial charge on any atom is 0.262 e. The average Bonchev–Trinajstić information content (AvgIpc) is 2.73. The molecule has 1 saturated heterocycles. The molecule has 2 aliphatic heterocycles. The number of amides is 2. The van der Waals surface area contributed by atoms with Gasteiger partial charge in [-0.05, 0) is 36.8 Å². The van der Waals surface area contributed by atoms with Gasteiger partial charge in [-0.2, -0.15) is 4.31 Å². The molecule has 0 saturated carbocycles. The van der Waals surface area contributed by atoms with Gasteiger partial charge in [0.1, 0.15) is 5.75 Å². The number of fused-ring (bicyclic) bond motifs is 1. The van der Waals surface area contributed by atoms with Crippen LogP contribution in [0.3, 0.4) is 0 Å². The van der Waals surface area contributed by atoms with E-state index in [-0.39, 0.29) is 36.4 Å². The van der Waals surface area contributed by atoms with Crippen molar-refractivity contribution < 1.29 is 22.7 Å². The normalized spacial score (nSPS) is 17.3. The monoisotopic (exact) mass is 415 g/mol.